The molecule has 1 aliphatic heterocycles. The van der Waals surface area contributed by atoms with E-state index in [-0.39, 0.29) is 0 Å². The van der Waals surface area contributed by atoms with Gasteiger partial charge in [0.25, 0.3) is 0 Å². The molecule has 2 aromatic heterocycles. The lowest BCUT2D eigenvalue weighted by Crippen LogP contribution is -2.50. The van der Waals surface area contributed by atoms with Gasteiger partial charge in [0.1, 0.15) is 8.07 Å². The van der Waals surface area contributed by atoms with Crippen molar-refractivity contribution >= 4 is 18.6 Å². The number of nitrogens with zero attached hydrogens (tertiary/aromatic N) is 4. The molecular formula is C46H34N4Si. The van der Waals surface area contributed by atoms with Crippen LogP contribution in [-0.4, -0.2) is 28.0 Å². The first-order chi connectivity index (χ1) is 25.0. The van der Waals surface area contributed by atoms with E-state index in [0.29, 0.717) is 0 Å². The highest BCUT2D eigenvalue weighted by Gasteiger charge is 2.41. The Kier molecular flexibility index (Phi) is 7.56. The number of aromatic nitrogens is 4. The van der Waals surface area contributed by atoms with E-state index in [1.54, 1.807) is 12.4 Å². The van der Waals surface area contributed by atoms with Crippen LogP contribution >= 0.6 is 0 Å². The van der Waals surface area contributed by atoms with E-state index in [1.165, 1.54) is 21.6 Å². The molecule has 8 aromatic rings. The number of hydrogen-bond acceptors (Lipinski definition) is 4. The molecule has 0 aliphatic carbocycles. The Bertz CT molecular complexity index is 2560. The Hall–Kier alpha value is -6.30. The van der Waals surface area contributed by atoms with Crippen LogP contribution in [0.1, 0.15) is 0 Å². The molecule has 0 bridgehead atoms. The summed E-state index contributed by atoms with van der Waals surface area (Å²) in [7, 11) is -2.04. The van der Waals surface area contributed by atoms with Crippen LogP contribution in [0.4, 0.5) is 0 Å². The van der Waals surface area contributed by atoms with Gasteiger partial charge in [-0.3, -0.25) is 9.97 Å². The third-order valence-corrected chi connectivity index (χ3v) is 13.3. The molecule has 5 heteroatoms. The van der Waals surface area contributed by atoms with Crippen LogP contribution in [-0.2, 0) is 0 Å². The van der Waals surface area contributed by atoms with Crippen molar-refractivity contribution in [3.8, 4) is 78.5 Å². The molecule has 0 unspecified atom stereocenters. The first kappa shape index (κ1) is 30.7. The Morgan fingerprint density at radius 2 is 0.843 bits per heavy atom. The number of rotatable bonds is 6. The number of benzene rings is 6. The van der Waals surface area contributed by atoms with Crippen LogP contribution in [0, 0.1) is 0 Å². The highest BCUT2D eigenvalue weighted by atomic mass is 28.3. The molecule has 0 fully saturated rings. The normalized spacial score (nSPS) is 12.7. The monoisotopic (exact) mass is 670 g/mol. The van der Waals surface area contributed by atoms with Crippen molar-refractivity contribution in [3.63, 3.8) is 0 Å². The van der Waals surface area contributed by atoms with Crippen LogP contribution in [0.25, 0.3) is 78.5 Å². The van der Waals surface area contributed by atoms with Crippen molar-refractivity contribution in [2.45, 2.75) is 13.1 Å². The largest absolute Gasteiger partial charge is 0.252 e. The smallest absolute Gasteiger partial charge is 0.159 e. The molecule has 51 heavy (non-hydrogen) atoms. The Labute approximate surface area is 299 Å². The summed E-state index contributed by atoms with van der Waals surface area (Å²) in [4.78, 5) is 20.2. The molecule has 4 nitrogen and oxygen atoms in total. The summed E-state index contributed by atoms with van der Waals surface area (Å²) in [5.74, 6) is 0.768. The van der Waals surface area contributed by atoms with Gasteiger partial charge in [0.2, 0.25) is 0 Å². The lowest BCUT2D eigenvalue weighted by Gasteiger charge is -2.19. The topological polar surface area (TPSA) is 51.6 Å². The molecule has 0 amide bonds. The Morgan fingerprint density at radius 3 is 1.47 bits per heavy atom. The average molecular weight is 671 g/mol. The van der Waals surface area contributed by atoms with Gasteiger partial charge in [0.05, 0.1) is 17.1 Å². The van der Waals surface area contributed by atoms with Crippen molar-refractivity contribution < 1.29 is 0 Å². The fourth-order valence-electron chi connectivity index (χ4n) is 7.39. The quantitative estimate of drug-likeness (QED) is 0.165. The predicted molar refractivity (Wildman–Crippen MR) is 212 cm³/mol. The fraction of sp³-hybridized carbons (Fsp3) is 0.0435. The minimum atomic E-state index is -2.04. The predicted octanol–water partition coefficient (Wildman–Crippen LogP) is 10.1. The average Bonchev–Trinajstić information content (AvgIpc) is 3.44. The molecule has 242 valence electrons. The molecule has 9 rings (SSSR count). The molecular weight excluding hydrogens is 637 g/mol. The summed E-state index contributed by atoms with van der Waals surface area (Å²) in [6, 6.07) is 55.6. The molecule has 0 saturated carbocycles. The van der Waals surface area contributed by atoms with E-state index in [1.807, 2.05) is 18.2 Å². The van der Waals surface area contributed by atoms with E-state index in [9.17, 15) is 0 Å². The highest BCUT2D eigenvalue weighted by Crippen LogP contribution is 2.37. The van der Waals surface area contributed by atoms with Gasteiger partial charge in [-0.15, -0.1) is 0 Å². The van der Waals surface area contributed by atoms with E-state index in [4.69, 9.17) is 19.9 Å². The first-order valence-corrected chi connectivity index (χ1v) is 20.3. The molecule has 0 N–H and O–H groups in total. The molecule has 0 radical (unpaired) electrons. The fourth-order valence-corrected chi connectivity index (χ4v) is 10.3. The maximum absolute atomic E-state index is 5.38. The Balaban J connectivity index is 1.11. The SMILES string of the molecule is C[Si]1(C)c2ccccc2-c2c(-c3ccccc3)nc(-c3cccc(-c4cccc(-c5cccc(-c6nccnc6-c6ccccc6)c5)c4)c3)nc21. The lowest BCUT2D eigenvalue weighted by molar-refractivity contribution is 1.21. The highest BCUT2D eigenvalue weighted by molar-refractivity contribution is 7.03. The summed E-state index contributed by atoms with van der Waals surface area (Å²) in [6.45, 7) is 4.82. The van der Waals surface area contributed by atoms with Crippen molar-refractivity contribution in [3.05, 3.63) is 170 Å². The van der Waals surface area contributed by atoms with E-state index in [2.05, 4.69) is 153 Å². The van der Waals surface area contributed by atoms with Crippen LogP contribution < -0.4 is 10.5 Å². The van der Waals surface area contributed by atoms with Gasteiger partial charge in [-0.25, -0.2) is 9.97 Å². The van der Waals surface area contributed by atoms with Gasteiger partial charge < -0.3 is 0 Å². The molecule has 0 saturated heterocycles. The third kappa shape index (κ3) is 5.48. The second-order valence-corrected chi connectivity index (χ2v) is 17.8. The van der Waals surface area contributed by atoms with Gasteiger partial charge in [-0.2, -0.15) is 0 Å². The molecule has 6 aromatic carbocycles. The van der Waals surface area contributed by atoms with Crippen LogP contribution in [0.2, 0.25) is 13.1 Å². The van der Waals surface area contributed by atoms with Crippen molar-refractivity contribution in [1.29, 1.82) is 0 Å². The second-order valence-electron chi connectivity index (χ2n) is 13.5. The second kappa shape index (κ2) is 12.5. The van der Waals surface area contributed by atoms with E-state index in [0.717, 1.165) is 67.4 Å². The van der Waals surface area contributed by atoms with Crippen LogP contribution in [0.15, 0.2) is 170 Å². The third-order valence-electron chi connectivity index (χ3n) is 9.95. The Morgan fingerprint density at radius 1 is 0.392 bits per heavy atom. The van der Waals surface area contributed by atoms with Gasteiger partial charge in [0.15, 0.2) is 5.82 Å². The number of hydrogen-bond donors (Lipinski definition) is 0. The van der Waals surface area contributed by atoms with Crippen LogP contribution in [0.3, 0.4) is 0 Å². The maximum atomic E-state index is 5.38. The molecule has 3 heterocycles. The lowest BCUT2D eigenvalue weighted by atomic mass is 9.95. The van der Waals surface area contributed by atoms with Gasteiger partial charge >= 0.3 is 0 Å². The molecule has 0 spiro atoms. The van der Waals surface area contributed by atoms with Gasteiger partial charge in [0, 0.05) is 45.5 Å². The van der Waals surface area contributed by atoms with E-state index >= 15 is 0 Å². The van der Waals surface area contributed by atoms with Crippen molar-refractivity contribution in [1.82, 2.24) is 19.9 Å². The minimum absolute atomic E-state index is 0.768. The summed E-state index contributed by atoms with van der Waals surface area (Å²) < 4.78 is 0. The van der Waals surface area contributed by atoms with Gasteiger partial charge in [-0.1, -0.05) is 153 Å². The zero-order valence-corrected chi connectivity index (χ0v) is 29.5. The standard InChI is InChI=1S/C46H34N4Si/c1-51(2)40-25-10-9-24-39(40)41-42(31-14-5-3-6-15-31)49-45(50-46(41)51)38-23-13-21-36(30-38)34-19-11-18-33(28-34)35-20-12-22-37(29-35)44-43(47-26-27-48-44)32-16-7-4-8-17-32/h3-30H,1-2H3. The maximum Gasteiger partial charge on any atom is 0.159 e. The van der Waals surface area contributed by atoms with Crippen molar-refractivity contribution in [2.75, 3.05) is 0 Å². The van der Waals surface area contributed by atoms with Crippen LogP contribution in [0.5, 0.6) is 0 Å². The summed E-state index contributed by atoms with van der Waals surface area (Å²) >= 11 is 0. The summed E-state index contributed by atoms with van der Waals surface area (Å²) in [5, 5.41) is 2.63. The van der Waals surface area contributed by atoms with E-state index < -0.39 is 8.07 Å². The summed E-state index contributed by atoms with van der Waals surface area (Å²) in [5.41, 5.74) is 13.9. The first-order valence-electron chi connectivity index (χ1n) is 17.3. The molecule has 1 aliphatic rings. The van der Waals surface area contributed by atoms with Gasteiger partial charge in [-0.05, 0) is 51.2 Å². The summed E-state index contributed by atoms with van der Waals surface area (Å²) in [6.07, 6.45) is 3.52. The molecule has 0 atom stereocenters. The zero-order valence-electron chi connectivity index (χ0n) is 28.5. The number of fused-ring (bicyclic) bond motifs is 3. The zero-order chi connectivity index (χ0) is 34.4. The minimum Gasteiger partial charge on any atom is -0.252 e. The van der Waals surface area contributed by atoms with Crippen molar-refractivity contribution in [2.24, 2.45) is 0 Å².